The number of hydrogen-bond donors (Lipinski definition) is 1. The predicted molar refractivity (Wildman–Crippen MR) is 95.9 cm³/mol. The zero-order valence-electron chi connectivity index (χ0n) is 14.2. The SMILES string of the molecule is Cc1cc(OCC(N)=O)c2c(C)c(Cc3ccccc3)c(=O)oc2c1. The highest BCUT2D eigenvalue weighted by Gasteiger charge is 2.16. The van der Waals surface area contributed by atoms with Gasteiger partial charge in [0.1, 0.15) is 11.3 Å². The first-order chi connectivity index (χ1) is 12.0. The van der Waals surface area contributed by atoms with Gasteiger partial charge in [-0.3, -0.25) is 4.79 Å². The molecule has 3 aromatic rings. The maximum atomic E-state index is 12.5. The Hall–Kier alpha value is -3.08. The molecule has 128 valence electrons. The van der Waals surface area contributed by atoms with E-state index in [0.29, 0.717) is 28.7 Å². The molecule has 0 fully saturated rings. The summed E-state index contributed by atoms with van der Waals surface area (Å²) in [5.74, 6) is -0.0708. The number of benzene rings is 2. The molecule has 0 aliphatic heterocycles. The van der Waals surface area contributed by atoms with E-state index in [9.17, 15) is 9.59 Å². The molecular formula is C20H19NO4. The van der Waals surface area contributed by atoms with E-state index in [1.807, 2.05) is 50.2 Å². The van der Waals surface area contributed by atoms with E-state index >= 15 is 0 Å². The van der Waals surface area contributed by atoms with Crippen molar-refractivity contribution in [3.63, 3.8) is 0 Å². The quantitative estimate of drug-likeness (QED) is 0.726. The predicted octanol–water partition coefficient (Wildman–Crippen LogP) is 2.86. The fourth-order valence-electron chi connectivity index (χ4n) is 2.90. The van der Waals surface area contributed by atoms with Crippen LogP contribution in [0.4, 0.5) is 0 Å². The molecule has 1 heterocycles. The van der Waals surface area contributed by atoms with Crippen molar-refractivity contribution in [2.24, 2.45) is 5.73 Å². The second-order valence-electron chi connectivity index (χ2n) is 6.05. The monoisotopic (exact) mass is 337 g/mol. The summed E-state index contributed by atoms with van der Waals surface area (Å²) in [4.78, 5) is 23.5. The van der Waals surface area contributed by atoms with E-state index in [0.717, 1.165) is 16.7 Å². The fourth-order valence-corrected chi connectivity index (χ4v) is 2.90. The van der Waals surface area contributed by atoms with Crippen molar-refractivity contribution >= 4 is 16.9 Å². The number of carbonyl (C=O) groups excluding carboxylic acids is 1. The van der Waals surface area contributed by atoms with E-state index in [4.69, 9.17) is 14.9 Å². The molecule has 0 aliphatic carbocycles. The molecular weight excluding hydrogens is 318 g/mol. The molecule has 3 rings (SSSR count). The van der Waals surface area contributed by atoms with Crippen LogP contribution in [-0.2, 0) is 11.2 Å². The second kappa shape index (κ2) is 6.81. The third kappa shape index (κ3) is 3.55. The molecule has 0 radical (unpaired) electrons. The summed E-state index contributed by atoms with van der Waals surface area (Å²) in [5.41, 5.74) is 8.51. The first kappa shape index (κ1) is 16.8. The third-order valence-corrected chi connectivity index (χ3v) is 4.08. The van der Waals surface area contributed by atoms with E-state index in [1.165, 1.54) is 0 Å². The Morgan fingerprint density at radius 3 is 2.56 bits per heavy atom. The lowest BCUT2D eigenvalue weighted by Gasteiger charge is -2.13. The summed E-state index contributed by atoms with van der Waals surface area (Å²) in [6.07, 6.45) is 0.466. The number of ether oxygens (including phenoxy) is 1. The van der Waals surface area contributed by atoms with Crippen LogP contribution in [0.1, 0.15) is 22.3 Å². The van der Waals surface area contributed by atoms with Gasteiger partial charge in [0.2, 0.25) is 0 Å². The van der Waals surface area contributed by atoms with E-state index in [1.54, 1.807) is 6.07 Å². The van der Waals surface area contributed by atoms with Gasteiger partial charge >= 0.3 is 5.63 Å². The van der Waals surface area contributed by atoms with Crippen molar-refractivity contribution in [2.75, 3.05) is 6.61 Å². The number of nitrogens with two attached hydrogens (primary N) is 1. The number of aryl methyl sites for hydroxylation is 2. The molecule has 0 atom stereocenters. The van der Waals surface area contributed by atoms with Gasteiger partial charge in [-0.2, -0.15) is 0 Å². The first-order valence-corrected chi connectivity index (χ1v) is 7.97. The summed E-state index contributed by atoms with van der Waals surface area (Å²) in [7, 11) is 0. The van der Waals surface area contributed by atoms with Crippen molar-refractivity contribution in [3.05, 3.63) is 75.1 Å². The minimum Gasteiger partial charge on any atom is -0.483 e. The van der Waals surface area contributed by atoms with Crippen LogP contribution in [0.2, 0.25) is 0 Å². The van der Waals surface area contributed by atoms with Crippen molar-refractivity contribution in [2.45, 2.75) is 20.3 Å². The van der Waals surface area contributed by atoms with E-state index < -0.39 is 5.91 Å². The number of carbonyl (C=O) groups is 1. The molecule has 1 amide bonds. The molecule has 0 aliphatic rings. The van der Waals surface area contributed by atoms with E-state index in [2.05, 4.69) is 0 Å². The molecule has 0 spiro atoms. The Bertz CT molecular complexity index is 990. The van der Waals surface area contributed by atoms with Crippen molar-refractivity contribution in [1.29, 1.82) is 0 Å². The molecule has 0 unspecified atom stereocenters. The molecule has 0 saturated carbocycles. The Kier molecular flexibility index (Phi) is 4.57. The number of primary amides is 1. The van der Waals surface area contributed by atoms with Crippen LogP contribution in [0.25, 0.3) is 11.0 Å². The molecule has 5 nitrogen and oxygen atoms in total. The average Bonchev–Trinajstić information content (AvgIpc) is 2.57. The van der Waals surface area contributed by atoms with Crippen LogP contribution in [-0.4, -0.2) is 12.5 Å². The van der Waals surface area contributed by atoms with Crippen LogP contribution < -0.4 is 16.1 Å². The highest BCUT2D eigenvalue weighted by Crippen LogP contribution is 2.31. The zero-order valence-corrected chi connectivity index (χ0v) is 14.2. The zero-order chi connectivity index (χ0) is 18.0. The maximum Gasteiger partial charge on any atom is 0.340 e. The van der Waals surface area contributed by atoms with Crippen LogP contribution >= 0.6 is 0 Å². The minimum atomic E-state index is -0.561. The van der Waals surface area contributed by atoms with Gasteiger partial charge in [0.05, 0.1) is 5.39 Å². The lowest BCUT2D eigenvalue weighted by Crippen LogP contribution is -2.20. The molecule has 25 heavy (non-hydrogen) atoms. The summed E-state index contributed by atoms with van der Waals surface area (Å²) >= 11 is 0. The highest BCUT2D eigenvalue weighted by molar-refractivity contribution is 5.88. The van der Waals surface area contributed by atoms with Crippen LogP contribution in [0.5, 0.6) is 5.75 Å². The van der Waals surface area contributed by atoms with Crippen LogP contribution in [0.3, 0.4) is 0 Å². The Morgan fingerprint density at radius 2 is 1.88 bits per heavy atom. The Balaban J connectivity index is 2.16. The van der Waals surface area contributed by atoms with Gasteiger partial charge in [-0.1, -0.05) is 30.3 Å². The number of fused-ring (bicyclic) bond motifs is 1. The normalized spacial score (nSPS) is 10.8. The van der Waals surface area contributed by atoms with Gasteiger partial charge < -0.3 is 14.9 Å². The lowest BCUT2D eigenvalue weighted by molar-refractivity contribution is -0.119. The topological polar surface area (TPSA) is 82.5 Å². The van der Waals surface area contributed by atoms with Gasteiger partial charge in [0.15, 0.2) is 6.61 Å². The fraction of sp³-hybridized carbons (Fsp3) is 0.200. The smallest absolute Gasteiger partial charge is 0.340 e. The van der Waals surface area contributed by atoms with Gasteiger partial charge in [-0.25, -0.2) is 4.79 Å². The average molecular weight is 337 g/mol. The second-order valence-corrected chi connectivity index (χ2v) is 6.05. The molecule has 2 aromatic carbocycles. The lowest BCUT2D eigenvalue weighted by atomic mass is 9.98. The van der Waals surface area contributed by atoms with E-state index in [-0.39, 0.29) is 12.2 Å². The maximum absolute atomic E-state index is 12.5. The summed E-state index contributed by atoms with van der Waals surface area (Å²) in [5, 5.41) is 0.692. The standard InChI is InChI=1S/C20H19NO4/c1-12-8-16(24-11-18(21)22)19-13(2)15(20(23)25-17(19)9-12)10-14-6-4-3-5-7-14/h3-9H,10-11H2,1-2H3,(H2,21,22). The molecule has 2 N–H and O–H groups in total. The van der Waals surface area contributed by atoms with Gasteiger partial charge in [0, 0.05) is 12.0 Å². The summed E-state index contributed by atoms with van der Waals surface area (Å²) < 4.78 is 11.1. The minimum absolute atomic E-state index is 0.231. The first-order valence-electron chi connectivity index (χ1n) is 7.97. The molecule has 0 saturated heterocycles. The van der Waals surface area contributed by atoms with Crippen molar-refractivity contribution in [1.82, 2.24) is 0 Å². The Labute approximate surface area is 145 Å². The highest BCUT2D eigenvalue weighted by atomic mass is 16.5. The van der Waals surface area contributed by atoms with Crippen molar-refractivity contribution in [3.8, 4) is 5.75 Å². The molecule has 5 heteroatoms. The number of hydrogen-bond acceptors (Lipinski definition) is 4. The third-order valence-electron chi connectivity index (χ3n) is 4.08. The molecule has 0 bridgehead atoms. The Morgan fingerprint density at radius 1 is 1.16 bits per heavy atom. The van der Waals surface area contributed by atoms with Gasteiger partial charge in [-0.15, -0.1) is 0 Å². The van der Waals surface area contributed by atoms with Crippen molar-refractivity contribution < 1.29 is 13.9 Å². The van der Waals surface area contributed by atoms with Crippen LogP contribution in [0, 0.1) is 13.8 Å². The van der Waals surface area contributed by atoms with Gasteiger partial charge in [0.25, 0.3) is 5.91 Å². The van der Waals surface area contributed by atoms with Gasteiger partial charge in [-0.05, 0) is 42.7 Å². The van der Waals surface area contributed by atoms with Crippen LogP contribution in [0.15, 0.2) is 51.7 Å². The number of rotatable bonds is 5. The summed E-state index contributed by atoms with van der Waals surface area (Å²) in [6, 6.07) is 13.3. The number of amides is 1. The largest absolute Gasteiger partial charge is 0.483 e. The summed E-state index contributed by atoms with van der Waals surface area (Å²) in [6.45, 7) is 3.50. The molecule has 1 aromatic heterocycles.